The SMILES string of the molecule is CNc1ccc([N+](=O)[O-])c(NCc2c(C)nn(C)c2C)n1. The smallest absolute Gasteiger partial charge is 0.311 e. The fourth-order valence-electron chi connectivity index (χ4n) is 2.11. The van der Waals surface area contributed by atoms with E-state index in [1.54, 1.807) is 17.8 Å². The van der Waals surface area contributed by atoms with Crippen molar-refractivity contribution < 1.29 is 4.92 Å². The molecular weight excluding hydrogens is 272 g/mol. The molecule has 0 saturated carbocycles. The lowest BCUT2D eigenvalue weighted by Gasteiger charge is -2.08. The molecule has 0 radical (unpaired) electrons. The van der Waals surface area contributed by atoms with Crippen LogP contribution >= 0.6 is 0 Å². The van der Waals surface area contributed by atoms with Crippen molar-refractivity contribution in [1.82, 2.24) is 14.8 Å². The van der Waals surface area contributed by atoms with Gasteiger partial charge in [-0.1, -0.05) is 0 Å². The van der Waals surface area contributed by atoms with Crippen LogP contribution in [0.4, 0.5) is 17.3 Å². The van der Waals surface area contributed by atoms with Crippen LogP contribution in [0.15, 0.2) is 12.1 Å². The number of nitro groups is 1. The van der Waals surface area contributed by atoms with Crippen LogP contribution < -0.4 is 10.6 Å². The Morgan fingerprint density at radius 3 is 2.62 bits per heavy atom. The molecule has 0 unspecified atom stereocenters. The van der Waals surface area contributed by atoms with Crippen molar-refractivity contribution in [2.24, 2.45) is 7.05 Å². The van der Waals surface area contributed by atoms with E-state index in [1.165, 1.54) is 6.07 Å². The fraction of sp³-hybridized carbons (Fsp3) is 0.385. The summed E-state index contributed by atoms with van der Waals surface area (Å²) in [5, 5.41) is 21.3. The summed E-state index contributed by atoms with van der Waals surface area (Å²) >= 11 is 0. The predicted molar refractivity (Wildman–Crippen MR) is 80.4 cm³/mol. The highest BCUT2D eigenvalue weighted by atomic mass is 16.6. The number of nitrogens with zero attached hydrogens (tertiary/aromatic N) is 4. The first-order chi connectivity index (χ1) is 9.93. The summed E-state index contributed by atoms with van der Waals surface area (Å²) < 4.78 is 1.79. The second-order valence-corrected chi connectivity index (χ2v) is 4.70. The molecule has 0 atom stereocenters. The number of rotatable bonds is 5. The Morgan fingerprint density at radius 2 is 2.10 bits per heavy atom. The van der Waals surface area contributed by atoms with Gasteiger partial charge < -0.3 is 10.6 Å². The molecule has 0 spiro atoms. The predicted octanol–water partition coefficient (Wildman–Crippen LogP) is 1.99. The van der Waals surface area contributed by atoms with Crippen molar-refractivity contribution in [3.63, 3.8) is 0 Å². The average molecular weight is 290 g/mol. The molecule has 112 valence electrons. The molecular formula is C13H18N6O2. The van der Waals surface area contributed by atoms with E-state index in [0.717, 1.165) is 17.0 Å². The van der Waals surface area contributed by atoms with E-state index in [1.807, 2.05) is 20.9 Å². The third-order valence-corrected chi connectivity index (χ3v) is 3.42. The number of hydrogen-bond acceptors (Lipinski definition) is 6. The van der Waals surface area contributed by atoms with Crippen molar-refractivity contribution in [3.8, 4) is 0 Å². The van der Waals surface area contributed by atoms with E-state index in [2.05, 4.69) is 20.7 Å². The lowest BCUT2D eigenvalue weighted by molar-refractivity contribution is -0.384. The minimum Gasteiger partial charge on any atom is -0.373 e. The topological polar surface area (TPSA) is 97.9 Å². The molecule has 0 saturated heterocycles. The largest absolute Gasteiger partial charge is 0.373 e. The first-order valence-electron chi connectivity index (χ1n) is 6.50. The Bertz CT molecular complexity index is 680. The minimum atomic E-state index is -0.447. The van der Waals surface area contributed by atoms with Crippen LogP contribution in [0.1, 0.15) is 17.0 Å². The second kappa shape index (κ2) is 5.78. The van der Waals surface area contributed by atoms with Gasteiger partial charge in [-0.15, -0.1) is 0 Å². The summed E-state index contributed by atoms with van der Waals surface area (Å²) in [7, 11) is 3.58. The van der Waals surface area contributed by atoms with Gasteiger partial charge in [-0.25, -0.2) is 4.98 Å². The molecule has 0 fully saturated rings. The Balaban J connectivity index is 2.28. The summed E-state index contributed by atoms with van der Waals surface area (Å²) in [5.74, 6) is 0.817. The fourth-order valence-corrected chi connectivity index (χ4v) is 2.11. The van der Waals surface area contributed by atoms with Crippen molar-refractivity contribution in [3.05, 3.63) is 39.2 Å². The molecule has 2 aromatic heterocycles. The van der Waals surface area contributed by atoms with Crippen LogP contribution in [0.3, 0.4) is 0 Å². The van der Waals surface area contributed by atoms with Gasteiger partial charge in [0.05, 0.1) is 10.6 Å². The molecule has 0 aliphatic heterocycles. The quantitative estimate of drug-likeness (QED) is 0.645. The molecule has 8 heteroatoms. The second-order valence-electron chi connectivity index (χ2n) is 4.70. The highest BCUT2D eigenvalue weighted by Gasteiger charge is 2.17. The molecule has 0 bridgehead atoms. The van der Waals surface area contributed by atoms with Crippen molar-refractivity contribution >= 4 is 17.3 Å². The molecule has 21 heavy (non-hydrogen) atoms. The third-order valence-electron chi connectivity index (χ3n) is 3.42. The Kier molecular flexibility index (Phi) is 4.06. The van der Waals surface area contributed by atoms with E-state index in [0.29, 0.717) is 12.4 Å². The van der Waals surface area contributed by atoms with Crippen LogP contribution in [-0.2, 0) is 13.6 Å². The molecule has 0 aliphatic rings. The van der Waals surface area contributed by atoms with Crippen molar-refractivity contribution in [2.45, 2.75) is 20.4 Å². The van der Waals surface area contributed by atoms with Gasteiger partial charge in [0.1, 0.15) is 5.82 Å². The number of hydrogen-bond donors (Lipinski definition) is 2. The highest BCUT2D eigenvalue weighted by Crippen LogP contribution is 2.25. The Morgan fingerprint density at radius 1 is 1.38 bits per heavy atom. The van der Waals surface area contributed by atoms with Gasteiger partial charge >= 0.3 is 5.69 Å². The van der Waals surface area contributed by atoms with Gasteiger partial charge in [-0.05, 0) is 19.9 Å². The number of anilines is 2. The van der Waals surface area contributed by atoms with Gasteiger partial charge in [-0.2, -0.15) is 5.10 Å². The van der Waals surface area contributed by atoms with E-state index in [-0.39, 0.29) is 11.5 Å². The standard InChI is InChI=1S/C13H18N6O2/c1-8-10(9(2)18(4)17-8)7-15-13-11(19(20)21)5-6-12(14-3)16-13/h5-6H,7H2,1-4H3,(H2,14,15,16). The number of pyridine rings is 1. The van der Waals surface area contributed by atoms with Gasteiger partial charge in [0.15, 0.2) is 0 Å². The maximum Gasteiger partial charge on any atom is 0.311 e. The summed E-state index contributed by atoms with van der Waals surface area (Å²) in [6.07, 6.45) is 0. The summed E-state index contributed by atoms with van der Waals surface area (Å²) in [5.41, 5.74) is 2.89. The molecule has 2 aromatic rings. The van der Waals surface area contributed by atoms with E-state index in [4.69, 9.17) is 0 Å². The number of nitrogens with one attached hydrogen (secondary N) is 2. The molecule has 8 nitrogen and oxygen atoms in total. The molecule has 2 rings (SSSR count). The van der Waals surface area contributed by atoms with Gasteiger partial charge in [0.25, 0.3) is 0 Å². The number of aryl methyl sites for hydroxylation is 2. The van der Waals surface area contributed by atoms with Gasteiger partial charge in [0.2, 0.25) is 5.82 Å². The zero-order valence-electron chi connectivity index (χ0n) is 12.5. The van der Waals surface area contributed by atoms with Crippen LogP contribution in [0.25, 0.3) is 0 Å². The zero-order valence-corrected chi connectivity index (χ0v) is 12.5. The van der Waals surface area contributed by atoms with Gasteiger partial charge in [0, 0.05) is 38.0 Å². The summed E-state index contributed by atoms with van der Waals surface area (Å²) in [4.78, 5) is 14.8. The average Bonchev–Trinajstić information content (AvgIpc) is 2.69. The third kappa shape index (κ3) is 2.93. The van der Waals surface area contributed by atoms with Gasteiger partial charge in [-0.3, -0.25) is 14.8 Å². The van der Waals surface area contributed by atoms with Crippen LogP contribution in [0.5, 0.6) is 0 Å². The lowest BCUT2D eigenvalue weighted by atomic mass is 10.2. The maximum absolute atomic E-state index is 11.1. The molecule has 0 aromatic carbocycles. The minimum absolute atomic E-state index is 0.0480. The lowest BCUT2D eigenvalue weighted by Crippen LogP contribution is -2.07. The number of aromatic nitrogens is 3. The first kappa shape index (κ1) is 14.8. The molecule has 0 aliphatic carbocycles. The normalized spacial score (nSPS) is 10.5. The summed E-state index contributed by atoms with van der Waals surface area (Å²) in [6, 6.07) is 3.01. The van der Waals surface area contributed by atoms with Crippen molar-refractivity contribution in [1.29, 1.82) is 0 Å². The molecule has 0 amide bonds. The highest BCUT2D eigenvalue weighted by molar-refractivity contribution is 5.60. The first-order valence-corrected chi connectivity index (χ1v) is 6.50. The van der Waals surface area contributed by atoms with E-state index >= 15 is 0 Å². The zero-order chi connectivity index (χ0) is 15.6. The van der Waals surface area contributed by atoms with E-state index < -0.39 is 4.92 Å². The van der Waals surface area contributed by atoms with E-state index in [9.17, 15) is 10.1 Å². The molecule has 2 N–H and O–H groups in total. The Hall–Kier alpha value is -2.64. The van der Waals surface area contributed by atoms with Crippen LogP contribution in [0.2, 0.25) is 0 Å². The summed E-state index contributed by atoms with van der Waals surface area (Å²) in [6.45, 7) is 4.31. The van der Waals surface area contributed by atoms with Crippen LogP contribution in [-0.4, -0.2) is 26.7 Å². The monoisotopic (exact) mass is 290 g/mol. The Labute approximate surface area is 122 Å². The van der Waals surface area contributed by atoms with Crippen molar-refractivity contribution in [2.75, 3.05) is 17.7 Å². The molecule has 2 heterocycles. The maximum atomic E-state index is 11.1. The van der Waals surface area contributed by atoms with Crippen LogP contribution in [0, 0.1) is 24.0 Å².